The largest absolute Gasteiger partial charge is 0.0854 e. The van der Waals surface area contributed by atoms with Crippen LogP contribution in [0.1, 0.15) is 60.3 Å². The van der Waals surface area contributed by atoms with Crippen LogP contribution in [0, 0.1) is 11.8 Å². The molecular formula is C13H26. The SMILES string of the molecule is CCC(C)=CCC(C)CCC(C)C. The van der Waals surface area contributed by atoms with Crippen LogP contribution >= 0.6 is 0 Å². The Bertz CT molecular complexity index is 142. The van der Waals surface area contributed by atoms with E-state index in [-0.39, 0.29) is 0 Å². The zero-order valence-corrected chi connectivity index (χ0v) is 10.1. The Morgan fingerprint density at radius 2 is 1.77 bits per heavy atom. The van der Waals surface area contributed by atoms with Gasteiger partial charge in [-0.05, 0) is 31.6 Å². The molecule has 0 aliphatic heterocycles. The second kappa shape index (κ2) is 7.17. The van der Waals surface area contributed by atoms with E-state index in [1.165, 1.54) is 31.3 Å². The average molecular weight is 182 g/mol. The lowest BCUT2D eigenvalue weighted by Crippen LogP contribution is -1.96. The smallest absolute Gasteiger partial charge is 0.0322 e. The molecule has 13 heavy (non-hydrogen) atoms. The summed E-state index contributed by atoms with van der Waals surface area (Å²) in [5, 5.41) is 0. The van der Waals surface area contributed by atoms with Crippen LogP contribution in [0.25, 0.3) is 0 Å². The minimum atomic E-state index is 0.860. The summed E-state index contributed by atoms with van der Waals surface area (Å²) >= 11 is 0. The lowest BCUT2D eigenvalue weighted by atomic mass is 9.96. The molecule has 0 amide bonds. The van der Waals surface area contributed by atoms with Crippen molar-refractivity contribution in [2.45, 2.75) is 60.3 Å². The van der Waals surface area contributed by atoms with Crippen molar-refractivity contribution in [3.63, 3.8) is 0 Å². The van der Waals surface area contributed by atoms with Crippen molar-refractivity contribution in [2.24, 2.45) is 11.8 Å². The van der Waals surface area contributed by atoms with E-state index < -0.39 is 0 Å². The Morgan fingerprint density at radius 3 is 2.23 bits per heavy atom. The fourth-order valence-corrected chi connectivity index (χ4v) is 1.28. The first-order chi connectivity index (χ1) is 6.06. The quantitative estimate of drug-likeness (QED) is 0.517. The predicted molar refractivity (Wildman–Crippen MR) is 61.9 cm³/mol. The molecule has 1 unspecified atom stereocenters. The Labute approximate surface area is 84.4 Å². The molecule has 0 spiro atoms. The molecule has 0 rings (SSSR count). The summed E-state index contributed by atoms with van der Waals surface area (Å²) in [5.74, 6) is 1.72. The van der Waals surface area contributed by atoms with Crippen molar-refractivity contribution in [1.82, 2.24) is 0 Å². The molecule has 0 heterocycles. The van der Waals surface area contributed by atoms with Gasteiger partial charge in [-0.2, -0.15) is 0 Å². The van der Waals surface area contributed by atoms with Crippen LogP contribution in [-0.4, -0.2) is 0 Å². The maximum absolute atomic E-state index is 2.41. The van der Waals surface area contributed by atoms with E-state index in [2.05, 4.69) is 40.7 Å². The van der Waals surface area contributed by atoms with Gasteiger partial charge in [0.1, 0.15) is 0 Å². The lowest BCUT2D eigenvalue weighted by Gasteiger charge is -2.10. The average Bonchev–Trinajstić information content (AvgIpc) is 2.10. The molecule has 0 aromatic carbocycles. The normalized spacial score (nSPS) is 15.1. The van der Waals surface area contributed by atoms with Gasteiger partial charge in [0, 0.05) is 0 Å². The van der Waals surface area contributed by atoms with Gasteiger partial charge in [-0.3, -0.25) is 0 Å². The Kier molecular flexibility index (Phi) is 7.03. The van der Waals surface area contributed by atoms with E-state index in [4.69, 9.17) is 0 Å². The second-order valence-corrected chi connectivity index (χ2v) is 4.72. The zero-order chi connectivity index (χ0) is 10.3. The molecule has 0 saturated heterocycles. The van der Waals surface area contributed by atoms with Crippen LogP contribution in [0.5, 0.6) is 0 Å². The van der Waals surface area contributed by atoms with E-state index in [9.17, 15) is 0 Å². The predicted octanol–water partition coefficient (Wildman–Crippen LogP) is 4.81. The van der Waals surface area contributed by atoms with E-state index in [1.807, 2.05) is 0 Å². The molecule has 0 fully saturated rings. The number of hydrogen-bond acceptors (Lipinski definition) is 0. The van der Waals surface area contributed by atoms with Crippen molar-refractivity contribution in [2.75, 3.05) is 0 Å². The van der Waals surface area contributed by atoms with Crippen molar-refractivity contribution in [3.05, 3.63) is 11.6 Å². The molecule has 0 aromatic rings. The molecule has 0 aromatic heterocycles. The summed E-state index contributed by atoms with van der Waals surface area (Å²) in [7, 11) is 0. The first-order valence-corrected chi connectivity index (χ1v) is 5.71. The Hall–Kier alpha value is -0.260. The fraction of sp³-hybridized carbons (Fsp3) is 0.846. The second-order valence-electron chi connectivity index (χ2n) is 4.72. The van der Waals surface area contributed by atoms with Crippen LogP contribution in [0.4, 0.5) is 0 Å². The third-order valence-corrected chi connectivity index (χ3v) is 2.66. The van der Waals surface area contributed by atoms with Crippen molar-refractivity contribution < 1.29 is 0 Å². The summed E-state index contributed by atoms with van der Waals surface area (Å²) in [4.78, 5) is 0. The molecule has 1 atom stereocenters. The van der Waals surface area contributed by atoms with E-state index in [0.29, 0.717) is 0 Å². The van der Waals surface area contributed by atoms with Crippen LogP contribution in [-0.2, 0) is 0 Å². The van der Waals surface area contributed by atoms with Crippen LogP contribution in [0.3, 0.4) is 0 Å². The summed E-state index contributed by atoms with van der Waals surface area (Å²) in [6.07, 6.45) is 7.64. The van der Waals surface area contributed by atoms with Crippen molar-refractivity contribution in [1.29, 1.82) is 0 Å². The summed E-state index contributed by atoms with van der Waals surface area (Å²) in [5.41, 5.74) is 1.54. The minimum Gasteiger partial charge on any atom is -0.0854 e. The van der Waals surface area contributed by atoms with E-state index in [1.54, 1.807) is 0 Å². The van der Waals surface area contributed by atoms with Crippen LogP contribution in [0.15, 0.2) is 11.6 Å². The Morgan fingerprint density at radius 1 is 1.15 bits per heavy atom. The fourth-order valence-electron chi connectivity index (χ4n) is 1.28. The van der Waals surface area contributed by atoms with Gasteiger partial charge in [-0.25, -0.2) is 0 Å². The highest BCUT2D eigenvalue weighted by atomic mass is 14.1. The van der Waals surface area contributed by atoms with Crippen LogP contribution in [0.2, 0.25) is 0 Å². The van der Waals surface area contributed by atoms with Gasteiger partial charge in [-0.15, -0.1) is 0 Å². The minimum absolute atomic E-state index is 0.860. The van der Waals surface area contributed by atoms with Gasteiger partial charge in [-0.1, -0.05) is 52.2 Å². The van der Waals surface area contributed by atoms with E-state index >= 15 is 0 Å². The molecular weight excluding hydrogens is 156 g/mol. The molecule has 0 bridgehead atoms. The monoisotopic (exact) mass is 182 g/mol. The highest BCUT2D eigenvalue weighted by Crippen LogP contribution is 2.16. The van der Waals surface area contributed by atoms with Crippen molar-refractivity contribution in [3.8, 4) is 0 Å². The maximum Gasteiger partial charge on any atom is -0.0322 e. The lowest BCUT2D eigenvalue weighted by molar-refractivity contribution is 0.453. The van der Waals surface area contributed by atoms with Gasteiger partial charge in [0.15, 0.2) is 0 Å². The van der Waals surface area contributed by atoms with Gasteiger partial charge >= 0.3 is 0 Å². The van der Waals surface area contributed by atoms with Crippen LogP contribution < -0.4 is 0 Å². The summed E-state index contributed by atoms with van der Waals surface area (Å²) in [6.45, 7) is 11.4. The third kappa shape index (κ3) is 8.08. The Balaban J connectivity index is 3.56. The highest BCUT2D eigenvalue weighted by Gasteiger charge is 2.01. The highest BCUT2D eigenvalue weighted by molar-refractivity contribution is 4.96. The molecule has 0 saturated carbocycles. The first kappa shape index (κ1) is 12.7. The van der Waals surface area contributed by atoms with Crippen molar-refractivity contribution >= 4 is 0 Å². The molecule has 0 aliphatic rings. The van der Waals surface area contributed by atoms with Gasteiger partial charge in [0.2, 0.25) is 0 Å². The third-order valence-electron chi connectivity index (χ3n) is 2.66. The van der Waals surface area contributed by atoms with Gasteiger partial charge in [0.25, 0.3) is 0 Å². The molecule has 0 radical (unpaired) electrons. The topological polar surface area (TPSA) is 0 Å². The molecule has 0 nitrogen and oxygen atoms in total. The molecule has 78 valence electrons. The number of rotatable bonds is 6. The van der Waals surface area contributed by atoms with Gasteiger partial charge < -0.3 is 0 Å². The first-order valence-electron chi connectivity index (χ1n) is 5.71. The number of hydrogen-bond donors (Lipinski definition) is 0. The molecule has 0 N–H and O–H groups in total. The maximum atomic E-state index is 2.41. The standard InChI is InChI=1S/C13H26/c1-6-12(4)9-10-13(5)8-7-11(2)3/h9,11,13H,6-8,10H2,1-5H3. The van der Waals surface area contributed by atoms with Gasteiger partial charge in [0.05, 0.1) is 0 Å². The molecule has 0 heteroatoms. The number of allylic oxidation sites excluding steroid dienone is 2. The summed E-state index contributed by atoms with van der Waals surface area (Å²) < 4.78 is 0. The molecule has 0 aliphatic carbocycles. The van der Waals surface area contributed by atoms with E-state index in [0.717, 1.165) is 11.8 Å². The zero-order valence-electron chi connectivity index (χ0n) is 10.1. The summed E-state index contributed by atoms with van der Waals surface area (Å²) in [6, 6.07) is 0.